The lowest BCUT2D eigenvalue weighted by Crippen LogP contribution is -2.17. The minimum atomic E-state index is -0.171. The van der Waals surface area contributed by atoms with Gasteiger partial charge in [0.15, 0.2) is 0 Å². The van der Waals surface area contributed by atoms with Crippen LogP contribution in [0, 0.1) is 23.7 Å². The van der Waals surface area contributed by atoms with E-state index in [4.69, 9.17) is 14.6 Å². The molecule has 23 heavy (non-hydrogen) atoms. The van der Waals surface area contributed by atoms with E-state index in [1.807, 2.05) is 0 Å². The molecule has 0 spiro atoms. The Bertz CT molecular complexity index is 344. The Morgan fingerprint density at radius 2 is 1.96 bits per heavy atom. The maximum absolute atomic E-state index is 10.3. The molecule has 0 aromatic rings. The smallest absolute Gasteiger partial charge is 0.0704 e. The van der Waals surface area contributed by atoms with Gasteiger partial charge < -0.3 is 19.7 Å². The first-order chi connectivity index (χ1) is 11.3. The van der Waals surface area contributed by atoms with Crippen LogP contribution in [0.15, 0.2) is 12.2 Å². The number of unbranched alkanes of at least 4 members (excludes halogenated alkanes) is 2. The van der Waals surface area contributed by atoms with Gasteiger partial charge in [0.2, 0.25) is 0 Å². The summed E-state index contributed by atoms with van der Waals surface area (Å²) in [6, 6.07) is 0. The normalized spacial score (nSPS) is 33.6. The van der Waals surface area contributed by atoms with Crippen molar-refractivity contribution in [3.8, 4) is 0 Å². The summed E-state index contributed by atoms with van der Waals surface area (Å²) in [7, 11) is 1.68. The van der Waals surface area contributed by atoms with Crippen molar-refractivity contribution in [1.29, 1.82) is 0 Å². The molecular weight excluding hydrogens is 292 g/mol. The van der Waals surface area contributed by atoms with E-state index in [0.717, 1.165) is 25.2 Å². The van der Waals surface area contributed by atoms with Crippen molar-refractivity contribution >= 4 is 0 Å². The molecule has 0 amide bonds. The first-order valence-corrected chi connectivity index (χ1v) is 9.28. The van der Waals surface area contributed by atoms with E-state index in [0.29, 0.717) is 44.2 Å². The van der Waals surface area contributed by atoms with Crippen LogP contribution < -0.4 is 0 Å². The summed E-state index contributed by atoms with van der Waals surface area (Å²) in [5.74, 6) is 2.50. The van der Waals surface area contributed by atoms with E-state index < -0.39 is 0 Å². The third kappa shape index (κ3) is 5.86. The van der Waals surface area contributed by atoms with Crippen LogP contribution in [0.2, 0.25) is 0 Å². The molecule has 0 bridgehead atoms. The fourth-order valence-electron chi connectivity index (χ4n) is 4.51. The highest BCUT2D eigenvalue weighted by Gasteiger charge is 2.46. The van der Waals surface area contributed by atoms with E-state index in [1.54, 1.807) is 7.11 Å². The molecule has 0 heterocycles. The number of fused-ring (bicyclic) bond motifs is 1. The average molecular weight is 326 g/mol. The van der Waals surface area contributed by atoms with Crippen molar-refractivity contribution in [1.82, 2.24) is 0 Å². The minimum Gasteiger partial charge on any atom is -0.396 e. The Hall–Kier alpha value is -0.420. The Labute approximate surface area is 140 Å². The fraction of sp³-hybridized carbons (Fsp3) is 0.895. The van der Waals surface area contributed by atoms with Crippen LogP contribution in [-0.2, 0) is 9.47 Å². The molecule has 5 atom stereocenters. The average Bonchev–Trinajstić information content (AvgIpc) is 3.05. The van der Waals surface area contributed by atoms with Gasteiger partial charge in [-0.1, -0.05) is 31.4 Å². The second-order valence-electron chi connectivity index (χ2n) is 7.21. The summed E-state index contributed by atoms with van der Waals surface area (Å²) in [6.45, 7) is 2.18. The summed E-state index contributed by atoms with van der Waals surface area (Å²) in [5.41, 5.74) is 0. The van der Waals surface area contributed by atoms with Crippen LogP contribution in [0.5, 0.6) is 0 Å². The molecule has 2 aliphatic rings. The lowest BCUT2D eigenvalue weighted by Gasteiger charge is -2.18. The predicted molar refractivity (Wildman–Crippen MR) is 91.2 cm³/mol. The molecule has 134 valence electrons. The van der Waals surface area contributed by atoms with E-state index in [2.05, 4.69) is 12.2 Å². The van der Waals surface area contributed by atoms with Crippen molar-refractivity contribution in [2.24, 2.45) is 23.7 Å². The summed E-state index contributed by atoms with van der Waals surface area (Å²) in [5, 5.41) is 19.2. The largest absolute Gasteiger partial charge is 0.396 e. The van der Waals surface area contributed by atoms with Gasteiger partial charge in [0.05, 0.1) is 25.9 Å². The zero-order valence-corrected chi connectivity index (χ0v) is 14.5. The lowest BCUT2D eigenvalue weighted by atomic mass is 9.89. The number of aliphatic hydroxyl groups is 2. The molecule has 2 aliphatic carbocycles. The summed E-state index contributed by atoms with van der Waals surface area (Å²) < 4.78 is 10.4. The first kappa shape index (κ1) is 18.9. The molecule has 3 unspecified atom stereocenters. The molecule has 0 aromatic carbocycles. The van der Waals surface area contributed by atoms with Gasteiger partial charge >= 0.3 is 0 Å². The van der Waals surface area contributed by atoms with Gasteiger partial charge in [-0.15, -0.1) is 0 Å². The van der Waals surface area contributed by atoms with Crippen molar-refractivity contribution in [2.45, 2.75) is 51.0 Å². The molecule has 0 saturated heterocycles. The van der Waals surface area contributed by atoms with Crippen LogP contribution in [0.3, 0.4) is 0 Å². The van der Waals surface area contributed by atoms with Gasteiger partial charge in [-0.3, -0.25) is 0 Å². The standard InChI is InChI=1S/C19H34O4/c1-22-10-11-23-9-5-7-17-18-13-15(6-3-2-4-8-20)12-16(18)14-19(17)21/h5,7,15-21H,2-4,6,8-14H2,1H3/b7-5+/t15?,16?,17-,18?,19-/m1/s1. The second kappa shape index (κ2) is 10.4. The van der Waals surface area contributed by atoms with Crippen molar-refractivity contribution in [3.63, 3.8) is 0 Å². The molecular formula is C19H34O4. The third-order valence-electron chi connectivity index (χ3n) is 5.60. The van der Waals surface area contributed by atoms with Crippen LogP contribution >= 0.6 is 0 Å². The number of rotatable bonds is 11. The van der Waals surface area contributed by atoms with E-state index in [9.17, 15) is 5.11 Å². The van der Waals surface area contributed by atoms with E-state index in [-0.39, 0.29) is 6.10 Å². The number of hydrogen-bond acceptors (Lipinski definition) is 4. The van der Waals surface area contributed by atoms with Gasteiger partial charge in [0, 0.05) is 19.6 Å². The lowest BCUT2D eigenvalue weighted by molar-refractivity contribution is 0.0847. The number of ether oxygens (including phenoxy) is 2. The molecule has 0 aliphatic heterocycles. The van der Waals surface area contributed by atoms with Crippen LogP contribution in [-0.4, -0.2) is 49.9 Å². The zero-order chi connectivity index (χ0) is 16.5. The Kier molecular flexibility index (Phi) is 8.59. The Morgan fingerprint density at radius 1 is 1.09 bits per heavy atom. The van der Waals surface area contributed by atoms with Gasteiger partial charge in [-0.25, -0.2) is 0 Å². The molecule has 2 rings (SSSR count). The van der Waals surface area contributed by atoms with Crippen molar-refractivity contribution in [3.05, 3.63) is 12.2 Å². The summed E-state index contributed by atoms with van der Waals surface area (Å²) in [6.07, 6.45) is 12.2. The molecule has 4 nitrogen and oxygen atoms in total. The molecule has 2 saturated carbocycles. The molecule has 0 radical (unpaired) electrons. The zero-order valence-electron chi connectivity index (χ0n) is 14.5. The van der Waals surface area contributed by atoms with Crippen LogP contribution in [0.25, 0.3) is 0 Å². The van der Waals surface area contributed by atoms with Gasteiger partial charge in [-0.2, -0.15) is 0 Å². The second-order valence-corrected chi connectivity index (χ2v) is 7.21. The van der Waals surface area contributed by atoms with E-state index >= 15 is 0 Å². The summed E-state index contributed by atoms with van der Waals surface area (Å²) in [4.78, 5) is 0. The highest BCUT2D eigenvalue weighted by Crippen LogP contribution is 2.51. The quantitative estimate of drug-likeness (QED) is 0.453. The molecule has 2 N–H and O–H groups in total. The van der Waals surface area contributed by atoms with Crippen molar-refractivity contribution in [2.75, 3.05) is 33.5 Å². The predicted octanol–water partition coefficient (Wildman–Crippen LogP) is 2.78. The monoisotopic (exact) mass is 326 g/mol. The van der Waals surface area contributed by atoms with Crippen LogP contribution in [0.4, 0.5) is 0 Å². The number of methoxy groups -OCH3 is 1. The van der Waals surface area contributed by atoms with Crippen LogP contribution in [0.1, 0.15) is 44.9 Å². The van der Waals surface area contributed by atoms with E-state index in [1.165, 1.54) is 25.7 Å². The number of aliphatic hydroxyl groups excluding tert-OH is 2. The number of hydrogen-bond donors (Lipinski definition) is 2. The first-order valence-electron chi connectivity index (χ1n) is 9.28. The maximum Gasteiger partial charge on any atom is 0.0704 e. The Morgan fingerprint density at radius 3 is 2.74 bits per heavy atom. The van der Waals surface area contributed by atoms with Gasteiger partial charge in [-0.05, 0) is 43.4 Å². The Balaban J connectivity index is 1.71. The maximum atomic E-state index is 10.3. The summed E-state index contributed by atoms with van der Waals surface area (Å²) >= 11 is 0. The molecule has 0 aromatic heterocycles. The van der Waals surface area contributed by atoms with Gasteiger partial charge in [0.1, 0.15) is 0 Å². The minimum absolute atomic E-state index is 0.171. The van der Waals surface area contributed by atoms with Gasteiger partial charge in [0.25, 0.3) is 0 Å². The SMILES string of the molecule is COCCOC/C=C/[C@@H]1C2CC(CCCCCO)CC2C[C@H]1O. The fourth-order valence-corrected chi connectivity index (χ4v) is 4.51. The molecule has 4 heteroatoms. The molecule has 2 fully saturated rings. The third-order valence-corrected chi connectivity index (χ3v) is 5.60. The topological polar surface area (TPSA) is 58.9 Å². The highest BCUT2D eigenvalue weighted by molar-refractivity contribution is 5.05. The van der Waals surface area contributed by atoms with Crippen molar-refractivity contribution < 1.29 is 19.7 Å². The highest BCUT2D eigenvalue weighted by atomic mass is 16.5.